The lowest BCUT2D eigenvalue weighted by molar-refractivity contribution is -0.144. The minimum atomic E-state index is -0.792. The molecule has 1 aromatic rings. The van der Waals surface area contributed by atoms with Crippen molar-refractivity contribution < 1.29 is 19.1 Å². The van der Waals surface area contributed by atoms with E-state index in [4.69, 9.17) is 4.74 Å². The van der Waals surface area contributed by atoms with Crippen LogP contribution in [0.2, 0.25) is 0 Å². The lowest BCUT2D eigenvalue weighted by atomic mass is 9.98. The number of alkyl carbamates (subject to hydrolysis) is 1. The average molecular weight is 446 g/mol. The number of carbonyl (C=O) groups excluding carboxylic acids is 3. The molecule has 2 rings (SSSR count). The van der Waals surface area contributed by atoms with Crippen LogP contribution in [0.25, 0.3) is 0 Å². The first-order chi connectivity index (χ1) is 15.0. The highest BCUT2D eigenvalue weighted by atomic mass is 16.6. The van der Waals surface area contributed by atoms with E-state index in [9.17, 15) is 14.4 Å². The van der Waals surface area contributed by atoms with Gasteiger partial charge in [-0.1, -0.05) is 57.5 Å². The standard InChI is InChI=1S/C25H39N3O4/c1-7-8-16-26-22(29)21(18-12-10-9-11-13-18)28(19-14-15-19)23(30)20(17(2)3)27-24(31)32-25(4,5)6/h9-13,17,19-21H,7-8,14-16H2,1-6H3,(H,26,29)(H,27,31). The zero-order chi connectivity index (χ0) is 23.9. The van der Waals surface area contributed by atoms with E-state index >= 15 is 0 Å². The molecule has 0 aromatic heterocycles. The Kier molecular flexibility index (Phi) is 9.10. The maximum atomic E-state index is 13.8. The molecule has 0 spiro atoms. The lowest BCUT2D eigenvalue weighted by Gasteiger charge is -2.35. The maximum absolute atomic E-state index is 13.8. The summed E-state index contributed by atoms with van der Waals surface area (Å²) in [4.78, 5) is 41.2. The van der Waals surface area contributed by atoms with Crippen molar-refractivity contribution in [3.05, 3.63) is 35.9 Å². The van der Waals surface area contributed by atoms with E-state index in [-0.39, 0.29) is 23.8 Å². The van der Waals surface area contributed by atoms with Crippen molar-refractivity contribution in [1.82, 2.24) is 15.5 Å². The van der Waals surface area contributed by atoms with Crippen molar-refractivity contribution >= 4 is 17.9 Å². The molecule has 32 heavy (non-hydrogen) atoms. The van der Waals surface area contributed by atoms with Gasteiger partial charge in [0.05, 0.1) is 0 Å². The number of hydrogen-bond donors (Lipinski definition) is 2. The Balaban J connectivity index is 2.34. The molecule has 0 bridgehead atoms. The van der Waals surface area contributed by atoms with Gasteiger partial charge in [0.15, 0.2) is 0 Å². The molecule has 0 aliphatic heterocycles. The molecule has 1 aliphatic carbocycles. The Bertz CT molecular complexity index is 769. The van der Waals surface area contributed by atoms with Crippen LogP contribution in [0.4, 0.5) is 4.79 Å². The second-order valence-electron chi connectivity index (χ2n) is 9.80. The highest BCUT2D eigenvalue weighted by Crippen LogP contribution is 2.36. The first-order valence-electron chi connectivity index (χ1n) is 11.7. The van der Waals surface area contributed by atoms with E-state index in [1.165, 1.54) is 0 Å². The van der Waals surface area contributed by atoms with Gasteiger partial charge in [-0.2, -0.15) is 0 Å². The van der Waals surface area contributed by atoms with Crippen molar-refractivity contribution in [3.63, 3.8) is 0 Å². The van der Waals surface area contributed by atoms with Gasteiger partial charge in [-0.3, -0.25) is 9.59 Å². The zero-order valence-electron chi connectivity index (χ0n) is 20.3. The third-order valence-electron chi connectivity index (χ3n) is 5.27. The van der Waals surface area contributed by atoms with E-state index in [1.807, 2.05) is 44.2 Å². The SMILES string of the molecule is CCCCNC(=O)C(c1ccccc1)N(C(=O)C(NC(=O)OC(C)(C)C)C(C)C)C1CC1. The van der Waals surface area contributed by atoms with Gasteiger partial charge >= 0.3 is 6.09 Å². The molecule has 1 aliphatic rings. The zero-order valence-corrected chi connectivity index (χ0v) is 20.3. The number of carbonyl (C=O) groups is 3. The summed E-state index contributed by atoms with van der Waals surface area (Å²) >= 11 is 0. The molecule has 0 saturated heterocycles. The number of rotatable bonds is 10. The second-order valence-corrected chi connectivity index (χ2v) is 9.80. The number of nitrogens with zero attached hydrogens (tertiary/aromatic N) is 1. The topological polar surface area (TPSA) is 87.7 Å². The van der Waals surface area contributed by atoms with Crippen molar-refractivity contribution in [2.75, 3.05) is 6.54 Å². The summed E-state index contributed by atoms with van der Waals surface area (Å²) in [5, 5.41) is 5.74. The van der Waals surface area contributed by atoms with Gasteiger partial charge in [0.2, 0.25) is 11.8 Å². The number of nitrogens with one attached hydrogen (secondary N) is 2. The third kappa shape index (κ3) is 7.53. The summed E-state index contributed by atoms with van der Waals surface area (Å²) in [6.45, 7) is 11.7. The van der Waals surface area contributed by atoms with E-state index in [0.717, 1.165) is 31.2 Å². The summed E-state index contributed by atoms with van der Waals surface area (Å²) in [6.07, 6.45) is 2.89. The maximum Gasteiger partial charge on any atom is 0.408 e. The Morgan fingerprint density at radius 1 is 1.12 bits per heavy atom. The summed E-state index contributed by atoms with van der Waals surface area (Å²) < 4.78 is 5.38. The summed E-state index contributed by atoms with van der Waals surface area (Å²) in [5.74, 6) is -0.617. The highest BCUT2D eigenvalue weighted by molar-refractivity contribution is 5.92. The molecule has 2 atom stereocenters. The molecule has 2 N–H and O–H groups in total. The lowest BCUT2D eigenvalue weighted by Crippen LogP contribution is -2.55. The van der Waals surface area contributed by atoms with Gasteiger partial charge in [0.25, 0.3) is 0 Å². The smallest absolute Gasteiger partial charge is 0.408 e. The van der Waals surface area contributed by atoms with E-state index < -0.39 is 23.8 Å². The predicted octanol–water partition coefficient (Wildman–Crippen LogP) is 4.18. The van der Waals surface area contributed by atoms with Gasteiger partial charge < -0.3 is 20.3 Å². The van der Waals surface area contributed by atoms with E-state index in [1.54, 1.807) is 25.7 Å². The number of hydrogen-bond acceptors (Lipinski definition) is 4. The Hall–Kier alpha value is -2.57. The molecule has 7 heteroatoms. The summed E-state index contributed by atoms with van der Waals surface area (Å²) in [5.41, 5.74) is 0.0952. The van der Waals surface area contributed by atoms with Gasteiger partial charge in [0.1, 0.15) is 17.7 Å². The van der Waals surface area contributed by atoms with E-state index in [0.29, 0.717) is 6.54 Å². The normalized spacial score (nSPS) is 15.6. The third-order valence-corrected chi connectivity index (χ3v) is 5.27. The molecule has 7 nitrogen and oxygen atoms in total. The molecular weight excluding hydrogens is 406 g/mol. The molecule has 0 heterocycles. The highest BCUT2D eigenvalue weighted by Gasteiger charge is 2.44. The second kappa shape index (κ2) is 11.3. The number of benzene rings is 1. The molecule has 1 fully saturated rings. The number of ether oxygens (including phenoxy) is 1. The van der Waals surface area contributed by atoms with Crippen LogP contribution in [-0.2, 0) is 14.3 Å². The molecule has 3 amide bonds. The first-order valence-corrected chi connectivity index (χ1v) is 11.7. The predicted molar refractivity (Wildman–Crippen MR) is 125 cm³/mol. The molecule has 0 radical (unpaired) electrons. The summed E-state index contributed by atoms with van der Waals surface area (Å²) in [7, 11) is 0. The van der Waals surface area contributed by atoms with Crippen molar-refractivity contribution in [2.45, 2.75) is 91.0 Å². The minimum Gasteiger partial charge on any atom is -0.444 e. The van der Waals surface area contributed by atoms with Gasteiger partial charge in [-0.05, 0) is 51.5 Å². The van der Waals surface area contributed by atoms with Crippen LogP contribution < -0.4 is 10.6 Å². The van der Waals surface area contributed by atoms with Crippen LogP contribution >= 0.6 is 0 Å². The summed E-state index contributed by atoms with van der Waals surface area (Å²) in [6, 6.07) is 7.82. The van der Waals surface area contributed by atoms with Crippen LogP contribution in [0, 0.1) is 5.92 Å². The number of amides is 3. The molecular formula is C25H39N3O4. The largest absolute Gasteiger partial charge is 0.444 e. The fourth-order valence-electron chi connectivity index (χ4n) is 3.54. The van der Waals surface area contributed by atoms with Crippen molar-refractivity contribution in [2.24, 2.45) is 5.92 Å². The fourth-order valence-corrected chi connectivity index (χ4v) is 3.54. The van der Waals surface area contributed by atoms with Crippen LogP contribution in [-0.4, -0.2) is 47.0 Å². The van der Waals surface area contributed by atoms with Gasteiger partial charge in [0, 0.05) is 12.6 Å². The van der Waals surface area contributed by atoms with Crippen molar-refractivity contribution in [1.29, 1.82) is 0 Å². The van der Waals surface area contributed by atoms with Gasteiger partial charge in [-0.25, -0.2) is 4.79 Å². The average Bonchev–Trinajstić information content (AvgIpc) is 3.54. The molecule has 1 aromatic carbocycles. The monoisotopic (exact) mass is 445 g/mol. The Morgan fingerprint density at radius 3 is 2.25 bits per heavy atom. The van der Waals surface area contributed by atoms with Crippen LogP contribution in [0.1, 0.15) is 78.8 Å². The Labute approximate surface area is 192 Å². The molecule has 1 saturated carbocycles. The first kappa shape index (κ1) is 25.7. The quantitative estimate of drug-likeness (QED) is 0.529. The Morgan fingerprint density at radius 2 is 1.75 bits per heavy atom. The fraction of sp³-hybridized carbons (Fsp3) is 0.640. The molecule has 178 valence electrons. The molecule has 2 unspecified atom stereocenters. The van der Waals surface area contributed by atoms with Gasteiger partial charge in [-0.15, -0.1) is 0 Å². The van der Waals surface area contributed by atoms with Crippen LogP contribution in [0.3, 0.4) is 0 Å². The van der Waals surface area contributed by atoms with Crippen LogP contribution in [0.5, 0.6) is 0 Å². The number of unbranched alkanes of at least 4 members (excludes halogenated alkanes) is 1. The van der Waals surface area contributed by atoms with Crippen LogP contribution in [0.15, 0.2) is 30.3 Å². The van der Waals surface area contributed by atoms with E-state index in [2.05, 4.69) is 17.6 Å². The minimum absolute atomic E-state index is 0.0219. The van der Waals surface area contributed by atoms with Crippen molar-refractivity contribution in [3.8, 4) is 0 Å².